The quantitative estimate of drug-likeness (QED) is 0.538. The first-order chi connectivity index (χ1) is 8.29. The minimum absolute atomic E-state index is 0.489. The highest BCUT2D eigenvalue weighted by molar-refractivity contribution is 5.78. The largest absolute Gasteiger partial charge is 0.300 e. The van der Waals surface area contributed by atoms with Crippen LogP contribution in [0, 0.1) is 5.92 Å². The molecule has 0 aromatic carbocycles. The van der Waals surface area contributed by atoms with Crippen LogP contribution in [-0.4, -0.2) is 5.78 Å². The van der Waals surface area contributed by atoms with Crippen LogP contribution >= 0.6 is 0 Å². The fraction of sp³-hybridized carbons (Fsp3) is 0.812. The van der Waals surface area contributed by atoms with E-state index in [-0.39, 0.29) is 0 Å². The van der Waals surface area contributed by atoms with Gasteiger partial charge in [-0.15, -0.1) is 0 Å². The first-order valence-corrected chi connectivity index (χ1v) is 7.45. The first kappa shape index (κ1) is 14.5. The van der Waals surface area contributed by atoms with Gasteiger partial charge in [-0.2, -0.15) is 0 Å². The highest BCUT2D eigenvalue weighted by Gasteiger charge is 2.08. The van der Waals surface area contributed by atoms with Gasteiger partial charge >= 0.3 is 0 Å². The van der Waals surface area contributed by atoms with Gasteiger partial charge in [-0.05, 0) is 38.0 Å². The molecule has 1 heteroatoms. The van der Waals surface area contributed by atoms with E-state index < -0.39 is 0 Å². The fourth-order valence-electron chi connectivity index (χ4n) is 2.52. The second-order valence-electron chi connectivity index (χ2n) is 5.56. The molecule has 1 rings (SSSR count). The van der Waals surface area contributed by atoms with E-state index in [1.54, 1.807) is 0 Å². The SMILES string of the molecule is CC1CCCCC/C=C\CCCCCC(=O)C1. The third-order valence-corrected chi connectivity index (χ3v) is 3.64. The molecule has 0 aromatic rings. The maximum Gasteiger partial charge on any atom is 0.133 e. The Morgan fingerprint density at radius 3 is 2.29 bits per heavy atom. The predicted octanol–water partition coefficient (Wildman–Crippen LogP) is 5.05. The standard InChI is InChI=1S/C16H28O/c1-15-12-10-8-6-4-2-3-5-7-9-11-13-16(17)14-15/h2-3,15H,4-14H2,1H3/b3-2-. The number of ketones is 1. The van der Waals surface area contributed by atoms with Crippen molar-refractivity contribution < 1.29 is 4.79 Å². The molecule has 0 saturated heterocycles. The average Bonchev–Trinajstić information content (AvgIpc) is 2.30. The van der Waals surface area contributed by atoms with Gasteiger partial charge in [-0.25, -0.2) is 0 Å². The average molecular weight is 236 g/mol. The number of allylic oxidation sites excluding steroid dienone is 2. The van der Waals surface area contributed by atoms with Gasteiger partial charge in [0.1, 0.15) is 5.78 Å². The van der Waals surface area contributed by atoms with Crippen LogP contribution in [-0.2, 0) is 4.79 Å². The van der Waals surface area contributed by atoms with Crippen LogP contribution in [0.25, 0.3) is 0 Å². The van der Waals surface area contributed by atoms with Gasteiger partial charge in [-0.1, -0.05) is 44.8 Å². The van der Waals surface area contributed by atoms with Gasteiger partial charge in [0.05, 0.1) is 0 Å². The number of hydrogen-bond acceptors (Lipinski definition) is 1. The molecule has 98 valence electrons. The third kappa shape index (κ3) is 8.18. The summed E-state index contributed by atoms with van der Waals surface area (Å²) in [5.74, 6) is 1.09. The topological polar surface area (TPSA) is 17.1 Å². The lowest BCUT2D eigenvalue weighted by Crippen LogP contribution is -2.05. The summed E-state index contributed by atoms with van der Waals surface area (Å²) in [5, 5.41) is 0. The Hall–Kier alpha value is -0.590. The summed E-state index contributed by atoms with van der Waals surface area (Å²) in [6.45, 7) is 2.23. The maximum atomic E-state index is 11.7. The van der Waals surface area contributed by atoms with Crippen molar-refractivity contribution in [2.75, 3.05) is 0 Å². The highest BCUT2D eigenvalue weighted by Crippen LogP contribution is 2.17. The lowest BCUT2D eigenvalue weighted by molar-refractivity contribution is -0.120. The lowest BCUT2D eigenvalue weighted by atomic mass is 9.95. The monoisotopic (exact) mass is 236 g/mol. The molecule has 0 N–H and O–H groups in total. The van der Waals surface area contributed by atoms with Gasteiger partial charge in [0.2, 0.25) is 0 Å². The first-order valence-electron chi connectivity index (χ1n) is 7.45. The van der Waals surface area contributed by atoms with Crippen molar-refractivity contribution in [3.8, 4) is 0 Å². The Morgan fingerprint density at radius 2 is 1.59 bits per heavy atom. The van der Waals surface area contributed by atoms with E-state index in [1.807, 2.05) is 0 Å². The molecule has 0 radical (unpaired) electrons. The second-order valence-corrected chi connectivity index (χ2v) is 5.56. The molecule has 1 aliphatic rings. The zero-order chi connectivity index (χ0) is 12.3. The van der Waals surface area contributed by atoms with Crippen molar-refractivity contribution in [3.05, 3.63) is 12.2 Å². The molecule has 0 spiro atoms. The van der Waals surface area contributed by atoms with Crippen LogP contribution in [0.2, 0.25) is 0 Å². The molecule has 1 nitrogen and oxygen atoms in total. The number of carbonyl (C=O) groups is 1. The number of carbonyl (C=O) groups excluding carboxylic acids is 1. The molecule has 0 saturated carbocycles. The summed E-state index contributed by atoms with van der Waals surface area (Å²) in [4.78, 5) is 11.7. The Kier molecular flexibility index (Phi) is 8.04. The van der Waals surface area contributed by atoms with Gasteiger partial charge in [0, 0.05) is 12.8 Å². The minimum atomic E-state index is 0.489. The maximum absolute atomic E-state index is 11.7. The number of hydrogen-bond donors (Lipinski definition) is 0. The molecule has 0 bridgehead atoms. The van der Waals surface area contributed by atoms with E-state index in [0.717, 1.165) is 19.3 Å². The van der Waals surface area contributed by atoms with Gasteiger partial charge in [0.15, 0.2) is 0 Å². The molecule has 0 heterocycles. The summed E-state index contributed by atoms with van der Waals surface area (Å²) in [5.41, 5.74) is 0. The van der Waals surface area contributed by atoms with E-state index in [4.69, 9.17) is 0 Å². The minimum Gasteiger partial charge on any atom is -0.300 e. The molecule has 1 atom stereocenters. The van der Waals surface area contributed by atoms with Crippen LogP contribution in [0.4, 0.5) is 0 Å². The van der Waals surface area contributed by atoms with E-state index in [1.165, 1.54) is 51.4 Å². The second kappa shape index (κ2) is 9.44. The Balaban J connectivity index is 2.29. The number of Topliss-reactive ketones (excluding diaryl/α,β-unsaturated/α-hetero) is 1. The smallest absolute Gasteiger partial charge is 0.133 e. The molecule has 0 aromatic heterocycles. The van der Waals surface area contributed by atoms with Crippen LogP contribution < -0.4 is 0 Å². The van der Waals surface area contributed by atoms with E-state index in [2.05, 4.69) is 19.1 Å². The Morgan fingerprint density at radius 1 is 0.941 bits per heavy atom. The van der Waals surface area contributed by atoms with E-state index >= 15 is 0 Å². The van der Waals surface area contributed by atoms with Gasteiger partial charge in [0.25, 0.3) is 0 Å². The van der Waals surface area contributed by atoms with E-state index in [9.17, 15) is 4.79 Å². The molecular weight excluding hydrogens is 208 g/mol. The van der Waals surface area contributed by atoms with Crippen molar-refractivity contribution in [2.45, 2.75) is 77.6 Å². The highest BCUT2D eigenvalue weighted by atomic mass is 16.1. The summed E-state index contributed by atoms with van der Waals surface area (Å²) in [7, 11) is 0. The Bertz CT molecular complexity index is 230. The van der Waals surface area contributed by atoms with Crippen LogP contribution in [0.15, 0.2) is 12.2 Å². The normalized spacial score (nSPS) is 28.1. The molecule has 17 heavy (non-hydrogen) atoms. The zero-order valence-corrected chi connectivity index (χ0v) is 11.4. The van der Waals surface area contributed by atoms with Crippen molar-refractivity contribution in [3.63, 3.8) is 0 Å². The van der Waals surface area contributed by atoms with Crippen molar-refractivity contribution >= 4 is 5.78 Å². The fourth-order valence-corrected chi connectivity index (χ4v) is 2.52. The van der Waals surface area contributed by atoms with Crippen LogP contribution in [0.3, 0.4) is 0 Å². The predicted molar refractivity (Wildman–Crippen MR) is 74.1 cm³/mol. The van der Waals surface area contributed by atoms with Crippen molar-refractivity contribution in [2.24, 2.45) is 5.92 Å². The van der Waals surface area contributed by atoms with Crippen LogP contribution in [0.1, 0.15) is 77.6 Å². The molecule has 0 aliphatic heterocycles. The van der Waals surface area contributed by atoms with Gasteiger partial charge < -0.3 is 0 Å². The summed E-state index contributed by atoms with van der Waals surface area (Å²) < 4.78 is 0. The van der Waals surface area contributed by atoms with E-state index in [0.29, 0.717) is 11.7 Å². The molecule has 0 amide bonds. The third-order valence-electron chi connectivity index (χ3n) is 3.64. The summed E-state index contributed by atoms with van der Waals surface area (Å²) in [6.07, 6.45) is 17.5. The zero-order valence-electron chi connectivity index (χ0n) is 11.4. The molecule has 1 unspecified atom stereocenters. The van der Waals surface area contributed by atoms with Crippen molar-refractivity contribution in [1.29, 1.82) is 0 Å². The summed E-state index contributed by atoms with van der Waals surface area (Å²) >= 11 is 0. The van der Waals surface area contributed by atoms with Gasteiger partial charge in [-0.3, -0.25) is 4.79 Å². The Labute approximate surface area is 107 Å². The van der Waals surface area contributed by atoms with Crippen LogP contribution in [0.5, 0.6) is 0 Å². The molecule has 1 aliphatic carbocycles. The van der Waals surface area contributed by atoms with Crippen molar-refractivity contribution in [1.82, 2.24) is 0 Å². The lowest BCUT2D eigenvalue weighted by Gasteiger charge is -2.10. The molecular formula is C16H28O. The number of rotatable bonds is 0. The summed E-state index contributed by atoms with van der Waals surface area (Å²) in [6, 6.07) is 0. The molecule has 0 fully saturated rings.